The summed E-state index contributed by atoms with van der Waals surface area (Å²) in [5, 5.41) is 2.81. The molecule has 1 aromatic carbocycles. The van der Waals surface area contributed by atoms with Gasteiger partial charge in [-0.2, -0.15) is 0 Å². The van der Waals surface area contributed by atoms with Gasteiger partial charge in [0.2, 0.25) is 5.91 Å². The molecule has 0 aliphatic heterocycles. The first kappa shape index (κ1) is 9.99. The minimum atomic E-state index is -0.402. The zero-order valence-corrected chi connectivity index (χ0v) is 7.86. The molecule has 0 fully saturated rings. The molecule has 0 saturated heterocycles. The summed E-state index contributed by atoms with van der Waals surface area (Å²) in [6.07, 6.45) is 0. The van der Waals surface area contributed by atoms with Crippen LogP contribution in [0.1, 0.15) is 12.5 Å². The van der Waals surface area contributed by atoms with Crippen molar-refractivity contribution in [3.05, 3.63) is 34.6 Å². The van der Waals surface area contributed by atoms with Crippen molar-refractivity contribution >= 4 is 17.5 Å². The molecular weight excluding hydrogens is 193 g/mol. The zero-order chi connectivity index (χ0) is 9.84. The second-order valence-electron chi connectivity index (χ2n) is 2.61. The number of rotatable bonds is 2. The molecule has 1 aromatic rings. The van der Waals surface area contributed by atoms with Gasteiger partial charge in [0.1, 0.15) is 5.82 Å². The summed E-state index contributed by atoms with van der Waals surface area (Å²) >= 11 is 5.72. The number of nitrogens with one attached hydrogen (secondary N) is 1. The lowest BCUT2D eigenvalue weighted by molar-refractivity contribution is -0.119. The minimum Gasteiger partial charge on any atom is -0.352 e. The van der Waals surface area contributed by atoms with Crippen LogP contribution < -0.4 is 5.32 Å². The van der Waals surface area contributed by atoms with Gasteiger partial charge in [0.25, 0.3) is 0 Å². The van der Waals surface area contributed by atoms with Crippen LogP contribution in [0.5, 0.6) is 0 Å². The van der Waals surface area contributed by atoms with Gasteiger partial charge in [-0.3, -0.25) is 4.79 Å². The van der Waals surface area contributed by atoms with E-state index in [0.29, 0.717) is 10.6 Å². The van der Waals surface area contributed by atoms with Gasteiger partial charge >= 0.3 is 0 Å². The predicted molar refractivity (Wildman–Crippen MR) is 48.9 cm³/mol. The minimum absolute atomic E-state index is 0.126. The van der Waals surface area contributed by atoms with Gasteiger partial charge < -0.3 is 5.32 Å². The topological polar surface area (TPSA) is 29.1 Å². The maximum atomic E-state index is 13.1. The van der Waals surface area contributed by atoms with Crippen LogP contribution in [0.4, 0.5) is 4.39 Å². The molecule has 0 aromatic heterocycles. The number of halogens is 2. The average Bonchev–Trinajstić information content (AvgIpc) is 2.03. The Morgan fingerprint density at radius 2 is 2.31 bits per heavy atom. The number of amides is 1. The molecule has 0 unspecified atom stereocenters. The van der Waals surface area contributed by atoms with E-state index in [1.807, 2.05) is 0 Å². The molecule has 1 rings (SSSR count). The molecule has 13 heavy (non-hydrogen) atoms. The second-order valence-corrected chi connectivity index (χ2v) is 3.02. The van der Waals surface area contributed by atoms with Crippen molar-refractivity contribution in [2.45, 2.75) is 13.5 Å². The number of benzene rings is 1. The quantitative estimate of drug-likeness (QED) is 0.780. The van der Waals surface area contributed by atoms with Crippen molar-refractivity contribution in [3.8, 4) is 0 Å². The average molecular weight is 202 g/mol. The lowest BCUT2D eigenvalue weighted by atomic mass is 10.2. The van der Waals surface area contributed by atoms with Gasteiger partial charge in [-0.05, 0) is 12.1 Å². The summed E-state index contributed by atoms with van der Waals surface area (Å²) in [6, 6.07) is 4.42. The summed E-state index contributed by atoms with van der Waals surface area (Å²) in [4.78, 5) is 10.6. The molecule has 4 heteroatoms. The van der Waals surface area contributed by atoms with Crippen LogP contribution in [-0.2, 0) is 11.3 Å². The van der Waals surface area contributed by atoms with E-state index in [1.165, 1.54) is 19.1 Å². The smallest absolute Gasteiger partial charge is 0.217 e. The van der Waals surface area contributed by atoms with Crippen molar-refractivity contribution in [3.63, 3.8) is 0 Å². The van der Waals surface area contributed by atoms with E-state index in [4.69, 9.17) is 11.6 Å². The Labute approximate surface area is 80.7 Å². The summed E-state index contributed by atoms with van der Waals surface area (Å²) in [5.74, 6) is -0.611. The van der Waals surface area contributed by atoms with Crippen molar-refractivity contribution in [2.24, 2.45) is 0 Å². The largest absolute Gasteiger partial charge is 0.352 e. The maximum Gasteiger partial charge on any atom is 0.217 e. The summed E-state index contributed by atoms with van der Waals surface area (Å²) in [6.45, 7) is 1.50. The molecule has 1 amide bonds. The Hall–Kier alpha value is -1.09. The number of hydrogen-bond donors (Lipinski definition) is 1. The lowest BCUT2D eigenvalue weighted by Crippen LogP contribution is -2.19. The Morgan fingerprint density at radius 3 is 2.85 bits per heavy atom. The molecule has 0 spiro atoms. The molecule has 0 atom stereocenters. The van der Waals surface area contributed by atoms with Crippen molar-refractivity contribution in [1.82, 2.24) is 5.32 Å². The van der Waals surface area contributed by atoms with Gasteiger partial charge in [0.05, 0.1) is 0 Å². The van der Waals surface area contributed by atoms with Crippen LogP contribution in [0.3, 0.4) is 0 Å². The summed E-state index contributed by atoms with van der Waals surface area (Å²) in [5.41, 5.74) is 0.319. The SMILES string of the molecule is CC(=O)NCc1c(F)cccc1Cl. The van der Waals surface area contributed by atoms with Gasteiger partial charge in [-0.1, -0.05) is 17.7 Å². The second kappa shape index (κ2) is 4.23. The Morgan fingerprint density at radius 1 is 1.62 bits per heavy atom. The highest BCUT2D eigenvalue weighted by atomic mass is 35.5. The standard InChI is InChI=1S/C9H9ClFNO/c1-6(13)12-5-7-8(10)3-2-4-9(7)11/h2-4H,5H2,1H3,(H,12,13). The predicted octanol–water partition coefficient (Wildman–Crippen LogP) is 2.12. The third-order valence-corrected chi connectivity index (χ3v) is 1.93. The van der Waals surface area contributed by atoms with E-state index >= 15 is 0 Å². The Balaban J connectivity index is 2.81. The van der Waals surface area contributed by atoms with Crippen LogP contribution >= 0.6 is 11.6 Å². The van der Waals surface area contributed by atoms with Gasteiger partial charge in [0.15, 0.2) is 0 Å². The first-order chi connectivity index (χ1) is 6.11. The highest BCUT2D eigenvalue weighted by Gasteiger charge is 2.06. The van der Waals surface area contributed by atoms with Crippen LogP contribution in [-0.4, -0.2) is 5.91 Å². The first-order valence-corrected chi connectivity index (χ1v) is 4.16. The maximum absolute atomic E-state index is 13.1. The lowest BCUT2D eigenvalue weighted by Gasteiger charge is -2.05. The fourth-order valence-electron chi connectivity index (χ4n) is 0.914. The van der Waals surface area contributed by atoms with E-state index in [9.17, 15) is 9.18 Å². The molecular formula is C9H9ClFNO. The molecule has 0 aliphatic carbocycles. The molecule has 0 radical (unpaired) electrons. The van der Waals surface area contributed by atoms with Crippen LogP contribution in [0.25, 0.3) is 0 Å². The molecule has 0 aliphatic rings. The van der Waals surface area contributed by atoms with Crippen molar-refractivity contribution in [2.75, 3.05) is 0 Å². The van der Waals surface area contributed by atoms with E-state index < -0.39 is 5.82 Å². The Bertz CT molecular complexity index is 307. The zero-order valence-electron chi connectivity index (χ0n) is 7.10. The summed E-state index contributed by atoms with van der Waals surface area (Å²) < 4.78 is 13.1. The van der Waals surface area contributed by atoms with Crippen LogP contribution in [0.2, 0.25) is 5.02 Å². The van der Waals surface area contributed by atoms with E-state index in [0.717, 1.165) is 0 Å². The molecule has 2 nitrogen and oxygen atoms in total. The van der Waals surface area contributed by atoms with E-state index in [-0.39, 0.29) is 12.5 Å². The molecule has 0 bridgehead atoms. The van der Waals surface area contributed by atoms with Crippen molar-refractivity contribution in [1.29, 1.82) is 0 Å². The molecule has 0 heterocycles. The fourth-order valence-corrected chi connectivity index (χ4v) is 1.14. The number of carbonyl (C=O) groups excluding carboxylic acids is 1. The van der Waals surface area contributed by atoms with Gasteiger partial charge in [-0.15, -0.1) is 0 Å². The monoisotopic (exact) mass is 201 g/mol. The van der Waals surface area contributed by atoms with Crippen LogP contribution in [0.15, 0.2) is 18.2 Å². The third kappa shape index (κ3) is 2.70. The number of carbonyl (C=O) groups is 1. The highest BCUT2D eigenvalue weighted by molar-refractivity contribution is 6.31. The van der Waals surface area contributed by atoms with Gasteiger partial charge in [0, 0.05) is 24.1 Å². The van der Waals surface area contributed by atoms with E-state index in [2.05, 4.69) is 5.32 Å². The summed E-state index contributed by atoms with van der Waals surface area (Å²) in [7, 11) is 0. The first-order valence-electron chi connectivity index (χ1n) is 3.78. The fraction of sp³-hybridized carbons (Fsp3) is 0.222. The molecule has 70 valence electrons. The normalized spacial score (nSPS) is 9.77. The number of hydrogen-bond acceptors (Lipinski definition) is 1. The highest BCUT2D eigenvalue weighted by Crippen LogP contribution is 2.18. The van der Waals surface area contributed by atoms with E-state index in [1.54, 1.807) is 6.07 Å². The Kier molecular flexibility index (Phi) is 3.25. The van der Waals surface area contributed by atoms with Crippen LogP contribution in [0, 0.1) is 5.82 Å². The molecule has 0 saturated carbocycles. The van der Waals surface area contributed by atoms with Gasteiger partial charge in [-0.25, -0.2) is 4.39 Å². The molecule has 1 N–H and O–H groups in total. The third-order valence-electron chi connectivity index (χ3n) is 1.58. The van der Waals surface area contributed by atoms with Crippen molar-refractivity contribution < 1.29 is 9.18 Å².